The normalized spacial score (nSPS) is 23.0. The number of likely N-dealkylation sites (tertiary alicyclic amines) is 1. The number of rotatable bonds is 2. The summed E-state index contributed by atoms with van der Waals surface area (Å²) in [6.45, 7) is 6.14. The molecule has 1 amide bonds. The van der Waals surface area contributed by atoms with Gasteiger partial charge in [0.05, 0.1) is 30.6 Å². The van der Waals surface area contributed by atoms with E-state index in [0.29, 0.717) is 25.6 Å². The van der Waals surface area contributed by atoms with Crippen LogP contribution < -0.4 is 0 Å². The quantitative estimate of drug-likeness (QED) is 0.850. The van der Waals surface area contributed by atoms with Gasteiger partial charge in [-0.25, -0.2) is 4.68 Å². The molecular formula is C18H22N4O2. The third-order valence-corrected chi connectivity index (χ3v) is 5.04. The van der Waals surface area contributed by atoms with E-state index in [-0.39, 0.29) is 18.1 Å². The molecule has 2 aliphatic rings. The summed E-state index contributed by atoms with van der Waals surface area (Å²) in [5.74, 6) is 0.550. The number of nitrogens with zero attached hydrogens (tertiary/aromatic N) is 4. The summed E-state index contributed by atoms with van der Waals surface area (Å²) in [6, 6.07) is 8.14. The van der Waals surface area contributed by atoms with Crippen LogP contribution in [0.1, 0.15) is 53.8 Å². The van der Waals surface area contributed by atoms with Crippen LogP contribution in [0.3, 0.4) is 0 Å². The molecule has 1 aromatic carbocycles. The van der Waals surface area contributed by atoms with Crippen LogP contribution in [-0.2, 0) is 11.3 Å². The number of fused-ring (bicyclic) bond motifs is 3. The molecule has 0 bridgehead atoms. The minimum atomic E-state index is -0.00756. The second-order valence-corrected chi connectivity index (χ2v) is 6.90. The van der Waals surface area contributed by atoms with Crippen LogP contribution in [-0.4, -0.2) is 45.0 Å². The van der Waals surface area contributed by atoms with Gasteiger partial charge < -0.3 is 9.64 Å². The Balaban J connectivity index is 1.48. The highest BCUT2D eigenvalue weighted by Crippen LogP contribution is 2.31. The fourth-order valence-electron chi connectivity index (χ4n) is 3.57. The summed E-state index contributed by atoms with van der Waals surface area (Å²) in [7, 11) is 0. The van der Waals surface area contributed by atoms with Gasteiger partial charge in [0.15, 0.2) is 0 Å². The lowest BCUT2D eigenvalue weighted by Gasteiger charge is -2.41. The van der Waals surface area contributed by atoms with Gasteiger partial charge in [-0.1, -0.05) is 31.2 Å². The van der Waals surface area contributed by atoms with Gasteiger partial charge >= 0.3 is 0 Å². The van der Waals surface area contributed by atoms with Crippen LogP contribution in [0.2, 0.25) is 0 Å². The van der Waals surface area contributed by atoms with Gasteiger partial charge in [-0.2, -0.15) is 0 Å². The van der Waals surface area contributed by atoms with E-state index >= 15 is 0 Å². The molecule has 0 radical (unpaired) electrons. The zero-order valence-corrected chi connectivity index (χ0v) is 14.1. The summed E-state index contributed by atoms with van der Waals surface area (Å²) in [6.07, 6.45) is 2.59. The van der Waals surface area contributed by atoms with Crippen molar-refractivity contribution in [3.63, 3.8) is 0 Å². The number of piperidine rings is 1. The lowest BCUT2D eigenvalue weighted by molar-refractivity contribution is -0.0627. The molecule has 126 valence electrons. The fourth-order valence-corrected chi connectivity index (χ4v) is 3.57. The van der Waals surface area contributed by atoms with E-state index in [9.17, 15) is 4.79 Å². The molecular weight excluding hydrogens is 304 g/mol. The monoisotopic (exact) mass is 326 g/mol. The number of benzene rings is 1. The van der Waals surface area contributed by atoms with Crippen molar-refractivity contribution in [3.8, 4) is 0 Å². The first-order chi connectivity index (χ1) is 11.6. The van der Waals surface area contributed by atoms with E-state index < -0.39 is 0 Å². The summed E-state index contributed by atoms with van der Waals surface area (Å²) in [5, 5.41) is 8.15. The topological polar surface area (TPSA) is 60.3 Å². The maximum atomic E-state index is 12.8. The average molecular weight is 326 g/mol. The number of carbonyl (C=O) groups excluding carboxylic acids is 1. The minimum absolute atomic E-state index is 0.00756. The molecule has 6 nitrogen and oxygen atoms in total. The Morgan fingerprint density at radius 2 is 2.08 bits per heavy atom. The second kappa shape index (κ2) is 6.02. The minimum Gasteiger partial charge on any atom is -0.368 e. The number of hydrogen-bond donors (Lipinski definition) is 0. The van der Waals surface area contributed by atoms with Crippen molar-refractivity contribution in [1.29, 1.82) is 0 Å². The third kappa shape index (κ3) is 2.60. The molecule has 4 rings (SSSR count). The number of carbonyl (C=O) groups is 1. The molecule has 2 aromatic rings. The Morgan fingerprint density at radius 3 is 2.83 bits per heavy atom. The first-order valence-corrected chi connectivity index (χ1v) is 8.53. The van der Waals surface area contributed by atoms with Crippen LogP contribution in [0, 0.1) is 0 Å². The molecule has 1 saturated heterocycles. The maximum Gasteiger partial charge on any atom is 0.253 e. The molecule has 6 heteroatoms. The Labute approximate surface area is 141 Å². The molecule has 1 aromatic heterocycles. The van der Waals surface area contributed by atoms with Gasteiger partial charge in [0.1, 0.15) is 0 Å². The molecule has 0 aliphatic carbocycles. The summed E-state index contributed by atoms with van der Waals surface area (Å²) >= 11 is 0. The van der Waals surface area contributed by atoms with Gasteiger partial charge in [-0.3, -0.25) is 4.79 Å². The zero-order valence-electron chi connectivity index (χ0n) is 14.1. The third-order valence-electron chi connectivity index (χ3n) is 5.04. The lowest BCUT2D eigenvalue weighted by atomic mass is 9.98. The lowest BCUT2D eigenvalue weighted by Crippen LogP contribution is -2.50. The Hall–Kier alpha value is -2.21. The smallest absolute Gasteiger partial charge is 0.253 e. The van der Waals surface area contributed by atoms with Crippen molar-refractivity contribution >= 4 is 5.91 Å². The predicted molar refractivity (Wildman–Crippen MR) is 88.7 cm³/mol. The Bertz CT molecular complexity index is 738. The van der Waals surface area contributed by atoms with E-state index in [4.69, 9.17) is 4.74 Å². The van der Waals surface area contributed by atoms with E-state index in [0.717, 1.165) is 17.7 Å². The van der Waals surface area contributed by atoms with Gasteiger partial charge in [0, 0.05) is 18.7 Å². The second-order valence-electron chi connectivity index (χ2n) is 6.90. The highest BCUT2D eigenvalue weighted by Gasteiger charge is 2.37. The molecule has 0 saturated carbocycles. The van der Waals surface area contributed by atoms with Crippen molar-refractivity contribution in [2.24, 2.45) is 0 Å². The molecule has 24 heavy (non-hydrogen) atoms. The van der Waals surface area contributed by atoms with E-state index in [1.54, 1.807) is 6.20 Å². The molecule has 2 aliphatic heterocycles. The zero-order chi connectivity index (χ0) is 16.7. The highest BCUT2D eigenvalue weighted by atomic mass is 16.5. The van der Waals surface area contributed by atoms with E-state index in [1.807, 2.05) is 33.8 Å². The Morgan fingerprint density at radius 1 is 1.29 bits per heavy atom. The van der Waals surface area contributed by atoms with Gasteiger partial charge in [0.2, 0.25) is 0 Å². The molecule has 0 spiro atoms. The van der Waals surface area contributed by atoms with Crippen LogP contribution >= 0.6 is 0 Å². The predicted octanol–water partition coefficient (Wildman–Crippen LogP) is 2.39. The molecule has 1 fully saturated rings. The first-order valence-electron chi connectivity index (χ1n) is 8.53. The van der Waals surface area contributed by atoms with Crippen molar-refractivity contribution in [2.45, 2.75) is 44.9 Å². The first kappa shape index (κ1) is 15.3. The molecule has 3 heterocycles. The SMILES string of the molecule is CC(C)c1ccc(C(=O)N2CC[C@@H]3[C@@H](C2)OCc2cnnn23)cc1. The highest BCUT2D eigenvalue weighted by molar-refractivity contribution is 5.94. The number of hydrogen-bond acceptors (Lipinski definition) is 4. The van der Waals surface area contributed by atoms with Crippen molar-refractivity contribution in [2.75, 3.05) is 13.1 Å². The number of ether oxygens (including phenoxy) is 1. The molecule has 0 N–H and O–H groups in total. The average Bonchev–Trinajstić information content (AvgIpc) is 3.09. The fraction of sp³-hybridized carbons (Fsp3) is 0.500. The maximum absolute atomic E-state index is 12.8. The van der Waals surface area contributed by atoms with E-state index in [1.165, 1.54) is 5.56 Å². The van der Waals surface area contributed by atoms with Crippen molar-refractivity contribution < 1.29 is 9.53 Å². The van der Waals surface area contributed by atoms with Gasteiger partial charge in [-0.05, 0) is 30.0 Å². The Kier molecular flexibility index (Phi) is 3.84. The van der Waals surface area contributed by atoms with Crippen molar-refractivity contribution in [3.05, 3.63) is 47.3 Å². The summed E-state index contributed by atoms with van der Waals surface area (Å²) in [4.78, 5) is 14.7. The van der Waals surface area contributed by atoms with E-state index in [2.05, 4.69) is 24.2 Å². The van der Waals surface area contributed by atoms with Gasteiger partial charge in [0.25, 0.3) is 5.91 Å². The number of amides is 1. The summed E-state index contributed by atoms with van der Waals surface area (Å²) < 4.78 is 7.90. The van der Waals surface area contributed by atoms with Gasteiger partial charge in [-0.15, -0.1) is 5.10 Å². The van der Waals surface area contributed by atoms with Crippen molar-refractivity contribution in [1.82, 2.24) is 19.9 Å². The number of aromatic nitrogens is 3. The summed E-state index contributed by atoms with van der Waals surface area (Å²) in [5.41, 5.74) is 3.01. The standard InChI is InChI=1S/C18H22N4O2/c1-12(2)13-3-5-14(6-4-13)18(23)21-8-7-16-17(10-21)24-11-15-9-19-20-22(15)16/h3-6,9,12,16-17H,7-8,10-11H2,1-2H3/t16-,17-/m1/s1. The van der Waals surface area contributed by atoms with Crippen LogP contribution in [0.4, 0.5) is 0 Å². The van der Waals surface area contributed by atoms with Crippen LogP contribution in [0.5, 0.6) is 0 Å². The molecule has 0 unspecified atom stereocenters. The molecule has 2 atom stereocenters. The van der Waals surface area contributed by atoms with Crippen LogP contribution in [0.25, 0.3) is 0 Å². The largest absolute Gasteiger partial charge is 0.368 e. The van der Waals surface area contributed by atoms with Crippen LogP contribution in [0.15, 0.2) is 30.5 Å².